The van der Waals surface area contributed by atoms with Gasteiger partial charge in [0.05, 0.1) is 18.3 Å². The SMILES string of the molecule is CCCn1cnc2sc3c(c2c1=O)CCN(C(=O)c1cccc2ccccc12)C3. The molecular weight excluding hydrogens is 382 g/mol. The van der Waals surface area contributed by atoms with E-state index in [2.05, 4.69) is 11.9 Å². The molecule has 2 aromatic heterocycles. The fourth-order valence-electron chi connectivity index (χ4n) is 4.17. The summed E-state index contributed by atoms with van der Waals surface area (Å²) in [5.41, 5.74) is 1.86. The van der Waals surface area contributed by atoms with E-state index in [1.54, 1.807) is 22.2 Å². The topological polar surface area (TPSA) is 55.2 Å². The first-order chi connectivity index (χ1) is 14.2. The highest BCUT2D eigenvalue weighted by atomic mass is 32.1. The molecule has 1 aliphatic heterocycles. The lowest BCUT2D eigenvalue weighted by Gasteiger charge is -2.27. The van der Waals surface area contributed by atoms with E-state index >= 15 is 0 Å². The Balaban J connectivity index is 1.52. The Morgan fingerprint density at radius 2 is 2.00 bits per heavy atom. The normalized spacial score (nSPS) is 13.8. The van der Waals surface area contributed by atoms with Crippen LogP contribution in [0.1, 0.15) is 34.1 Å². The summed E-state index contributed by atoms with van der Waals surface area (Å²) in [5.74, 6) is 0.0428. The van der Waals surface area contributed by atoms with Gasteiger partial charge in [-0.05, 0) is 35.2 Å². The lowest BCUT2D eigenvalue weighted by Crippen LogP contribution is -2.35. The number of nitrogens with zero attached hydrogens (tertiary/aromatic N) is 3. The van der Waals surface area contributed by atoms with Crippen molar-refractivity contribution in [3.8, 4) is 0 Å². The maximum atomic E-state index is 13.3. The van der Waals surface area contributed by atoms with Crippen LogP contribution in [0.4, 0.5) is 0 Å². The molecule has 1 aliphatic rings. The van der Waals surface area contributed by atoms with Crippen LogP contribution in [0.3, 0.4) is 0 Å². The van der Waals surface area contributed by atoms with Crippen LogP contribution in [0.5, 0.6) is 0 Å². The Kier molecular flexibility index (Phi) is 4.43. The van der Waals surface area contributed by atoms with E-state index in [0.29, 0.717) is 26.1 Å². The highest BCUT2D eigenvalue weighted by Gasteiger charge is 2.27. The third-order valence-electron chi connectivity index (χ3n) is 5.60. The predicted octanol–water partition coefficient (Wildman–Crippen LogP) is 4.22. The molecule has 0 spiro atoms. The van der Waals surface area contributed by atoms with Gasteiger partial charge in [-0.2, -0.15) is 0 Å². The van der Waals surface area contributed by atoms with Crippen molar-refractivity contribution in [2.24, 2.45) is 0 Å². The van der Waals surface area contributed by atoms with Crippen LogP contribution >= 0.6 is 11.3 Å². The average Bonchev–Trinajstić information content (AvgIpc) is 3.13. The van der Waals surface area contributed by atoms with Gasteiger partial charge in [0.15, 0.2) is 0 Å². The van der Waals surface area contributed by atoms with Gasteiger partial charge in [-0.3, -0.25) is 14.2 Å². The maximum Gasteiger partial charge on any atom is 0.262 e. The van der Waals surface area contributed by atoms with Crippen molar-refractivity contribution in [3.05, 3.63) is 75.1 Å². The second-order valence-corrected chi connectivity index (χ2v) is 8.51. The lowest BCUT2D eigenvalue weighted by molar-refractivity contribution is 0.0739. The van der Waals surface area contributed by atoms with Crippen molar-refractivity contribution in [2.75, 3.05) is 6.54 Å². The molecule has 0 saturated heterocycles. The second kappa shape index (κ2) is 7.12. The molecule has 0 aliphatic carbocycles. The van der Waals surface area contributed by atoms with Gasteiger partial charge in [0.2, 0.25) is 0 Å². The first kappa shape index (κ1) is 18.1. The van der Waals surface area contributed by atoms with Crippen LogP contribution < -0.4 is 5.56 Å². The molecule has 2 aromatic carbocycles. The van der Waals surface area contributed by atoms with E-state index in [1.165, 1.54) is 0 Å². The summed E-state index contributed by atoms with van der Waals surface area (Å²) in [6.07, 6.45) is 3.24. The summed E-state index contributed by atoms with van der Waals surface area (Å²) in [6.45, 7) is 3.88. The Labute approximate surface area is 172 Å². The number of benzene rings is 2. The second-order valence-electron chi connectivity index (χ2n) is 7.43. The summed E-state index contributed by atoms with van der Waals surface area (Å²) in [6, 6.07) is 13.8. The Hall–Kier alpha value is -2.99. The Morgan fingerprint density at radius 1 is 1.17 bits per heavy atom. The number of amides is 1. The van der Waals surface area contributed by atoms with Gasteiger partial charge in [-0.25, -0.2) is 4.98 Å². The number of hydrogen-bond acceptors (Lipinski definition) is 4. The molecule has 0 bridgehead atoms. The van der Waals surface area contributed by atoms with Crippen molar-refractivity contribution < 1.29 is 4.79 Å². The smallest absolute Gasteiger partial charge is 0.262 e. The van der Waals surface area contributed by atoms with E-state index < -0.39 is 0 Å². The number of rotatable bonds is 3. The fraction of sp³-hybridized carbons (Fsp3) is 0.261. The van der Waals surface area contributed by atoms with Crippen molar-refractivity contribution in [1.82, 2.24) is 14.5 Å². The van der Waals surface area contributed by atoms with E-state index in [-0.39, 0.29) is 11.5 Å². The first-order valence-corrected chi connectivity index (χ1v) is 10.8. The summed E-state index contributed by atoms with van der Waals surface area (Å²) in [4.78, 5) is 34.4. The standard InChI is InChI=1S/C23H21N3O2S/c1-2-11-26-14-24-21-20(23(26)28)18-10-12-25(13-19(18)29-21)22(27)17-9-5-7-15-6-3-4-8-16(15)17/h3-9,14H,2,10-13H2,1H3. The number of carbonyl (C=O) groups excluding carboxylic acids is 1. The van der Waals surface area contributed by atoms with Crippen molar-refractivity contribution in [3.63, 3.8) is 0 Å². The van der Waals surface area contributed by atoms with E-state index in [9.17, 15) is 9.59 Å². The zero-order valence-electron chi connectivity index (χ0n) is 16.2. The summed E-state index contributed by atoms with van der Waals surface area (Å²) >= 11 is 1.54. The molecule has 0 saturated carbocycles. The van der Waals surface area contributed by atoms with E-state index in [4.69, 9.17) is 0 Å². The van der Waals surface area contributed by atoms with Gasteiger partial charge < -0.3 is 4.90 Å². The molecule has 0 radical (unpaired) electrons. The molecule has 1 amide bonds. The van der Waals surface area contributed by atoms with Gasteiger partial charge in [-0.15, -0.1) is 11.3 Å². The molecule has 0 atom stereocenters. The monoisotopic (exact) mass is 403 g/mol. The van der Waals surface area contributed by atoms with Gasteiger partial charge >= 0.3 is 0 Å². The average molecular weight is 404 g/mol. The number of aryl methyl sites for hydroxylation is 1. The molecule has 3 heterocycles. The highest BCUT2D eigenvalue weighted by Crippen LogP contribution is 2.33. The molecule has 5 rings (SSSR count). The summed E-state index contributed by atoms with van der Waals surface area (Å²) in [5, 5.41) is 2.79. The molecule has 4 aromatic rings. The molecule has 0 unspecified atom stereocenters. The first-order valence-electron chi connectivity index (χ1n) is 9.94. The minimum atomic E-state index is 0.0428. The number of hydrogen-bond donors (Lipinski definition) is 0. The summed E-state index contributed by atoms with van der Waals surface area (Å²) < 4.78 is 1.70. The molecule has 0 fully saturated rings. The van der Waals surface area contributed by atoms with Gasteiger partial charge in [-0.1, -0.05) is 43.3 Å². The van der Waals surface area contributed by atoms with E-state index in [0.717, 1.165) is 43.4 Å². The third-order valence-corrected chi connectivity index (χ3v) is 6.72. The van der Waals surface area contributed by atoms with Crippen LogP contribution in [0, 0.1) is 0 Å². The van der Waals surface area contributed by atoms with Crippen molar-refractivity contribution in [1.29, 1.82) is 0 Å². The van der Waals surface area contributed by atoms with Crippen LogP contribution in [-0.4, -0.2) is 26.9 Å². The zero-order chi connectivity index (χ0) is 20.0. The molecule has 146 valence electrons. The predicted molar refractivity (Wildman–Crippen MR) is 117 cm³/mol. The fourth-order valence-corrected chi connectivity index (χ4v) is 5.37. The van der Waals surface area contributed by atoms with Crippen LogP contribution in [0.25, 0.3) is 21.0 Å². The van der Waals surface area contributed by atoms with Crippen LogP contribution in [0.2, 0.25) is 0 Å². The zero-order valence-corrected chi connectivity index (χ0v) is 17.0. The minimum Gasteiger partial charge on any atom is -0.333 e. The Morgan fingerprint density at radius 3 is 2.86 bits per heavy atom. The van der Waals surface area contributed by atoms with Crippen LogP contribution in [-0.2, 0) is 19.5 Å². The lowest BCUT2D eigenvalue weighted by atomic mass is 10.0. The third kappa shape index (κ3) is 2.95. The minimum absolute atomic E-state index is 0.0428. The van der Waals surface area contributed by atoms with Gasteiger partial charge in [0.1, 0.15) is 4.83 Å². The van der Waals surface area contributed by atoms with Crippen molar-refractivity contribution in [2.45, 2.75) is 32.9 Å². The number of thiophene rings is 1. The molecule has 5 nitrogen and oxygen atoms in total. The maximum absolute atomic E-state index is 13.3. The molecule has 29 heavy (non-hydrogen) atoms. The quantitative estimate of drug-likeness (QED) is 0.515. The largest absolute Gasteiger partial charge is 0.333 e. The molecule has 6 heteroatoms. The number of carbonyl (C=O) groups is 1. The molecular formula is C23H21N3O2S. The van der Waals surface area contributed by atoms with E-state index in [1.807, 2.05) is 47.4 Å². The highest BCUT2D eigenvalue weighted by molar-refractivity contribution is 7.18. The molecule has 0 N–H and O–H groups in total. The Bertz CT molecular complexity index is 1300. The summed E-state index contributed by atoms with van der Waals surface area (Å²) in [7, 11) is 0. The van der Waals surface area contributed by atoms with Gasteiger partial charge in [0.25, 0.3) is 11.5 Å². The number of fused-ring (bicyclic) bond motifs is 4. The number of aromatic nitrogens is 2. The van der Waals surface area contributed by atoms with Crippen molar-refractivity contribution >= 4 is 38.2 Å². The van der Waals surface area contributed by atoms with Gasteiger partial charge in [0, 0.05) is 23.5 Å². The van der Waals surface area contributed by atoms with Crippen LogP contribution in [0.15, 0.2) is 53.6 Å².